The van der Waals surface area contributed by atoms with Crippen molar-refractivity contribution in [3.05, 3.63) is 0 Å². The zero-order chi connectivity index (χ0) is 7.61. The molecular formula is C7H9IO2. The molecule has 1 rings (SSSR count). The van der Waals surface area contributed by atoms with Crippen LogP contribution in [0.15, 0.2) is 0 Å². The summed E-state index contributed by atoms with van der Waals surface area (Å²) in [7, 11) is 0. The van der Waals surface area contributed by atoms with Gasteiger partial charge in [0.1, 0.15) is 6.10 Å². The van der Waals surface area contributed by atoms with E-state index in [0.717, 1.165) is 0 Å². The van der Waals surface area contributed by atoms with Crippen LogP contribution in [0.1, 0.15) is 13.8 Å². The Morgan fingerprint density at radius 1 is 1.60 bits per heavy atom. The van der Waals surface area contributed by atoms with Gasteiger partial charge < -0.3 is 9.47 Å². The summed E-state index contributed by atoms with van der Waals surface area (Å²) in [5.41, 5.74) is 0. The second-order valence-corrected chi connectivity index (χ2v) is 3.10. The van der Waals surface area contributed by atoms with Gasteiger partial charge in [0.2, 0.25) is 0 Å². The zero-order valence-corrected chi connectivity index (χ0v) is 8.14. The summed E-state index contributed by atoms with van der Waals surface area (Å²) in [6.07, 6.45) is -0.0353. The number of hydrogen-bond acceptors (Lipinski definition) is 2. The van der Waals surface area contributed by atoms with Crippen LogP contribution in [0.4, 0.5) is 0 Å². The molecule has 3 heteroatoms. The summed E-state index contributed by atoms with van der Waals surface area (Å²) in [5, 5.41) is 0. The average molecular weight is 252 g/mol. The Hall–Kier alpha value is 0.210. The third-order valence-electron chi connectivity index (χ3n) is 1.22. The minimum atomic E-state index is -0.439. The van der Waals surface area contributed by atoms with Crippen molar-refractivity contribution in [2.75, 3.05) is 6.61 Å². The molecule has 1 fully saturated rings. The van der Waals surface area contributed by atoms with Crippen molar-refractivity contribution >= 4 is 22.6 Å². The molecule has 10 heavy (non-hydrogen) atoms. The first-order chi connectivity index (χ1) is 4.64. The van der Waals surface area contributed by atoms with Crippen LogP contribution in [0.3, 0.4) is 0 Å². The number of hydrogen-bond donors (Lipinski definition) is 0. The third kappa shape index (κ3) is 2.11. The van der Waals surface area contributed by atoms with Crippen LogP contribution in [-0.2, 0) is 9.47 Å². The first-order valence-corrected chi connectivity index (χ1v) is 4.15. The molecule has 0 aromatic heterocycles. The summed E-state index contributed by atoms with van der Waals surface area (Å²) in [5.74, 6) is 2.45. The molecule has 1 heterocycles. The van der Waals surface area contributed by atoms with Crippen LogP contribution in [0.25, 0.3) is 0 Å². The molecule has 0 N–H and O–H groups in total. The minimum Gasteiger partial charge on any atom is -0.347 e. The third-order valence-corrected chi connectivity index (χ3v) is 1.54. The lowest BCUT2D eigenvalue weighted by Crippen LogP contribution is -2.20. The van der Waals surface area contributed by atoms with Crippen LogP contribution in [-0.4, -0.2) is 18.5 Å². The molecule has 1 aliphatic heterocycles. The maximum atomic E-state index is 5.39. The molecule has 1 aliphatic rings. The van der Waals surface area contributed by atoms with Gasteiger partial charge in [-0.15, -0.1) is 0 Å². The van der Waals surface area contributed by atoms with E-state index in [2.05, 4.69) is 9.85 Å². The van der Waals surface area contributed by atoms with E-state index in [1.807, 2.05) is 36.4 Å². The van der Waals surface area contributed by atoms with Crippen molar-refractivity contribution in [3.63, 3.8) is 0 Å². The van der Waals surface area contributed by atoms with Crippen molar-refractivity contribution in [1.29, 1.82) is 0 Å². The molecule has 0 aliphatic carbocycles. The Kier molecular flexibility index (Phi) is 2.55. The molecular weight excluding hydrogens is 243 g/mol. The summed E-state index contributed by atoms with van der Waals surface area (Å²) >= 11 is 1.99. The van der Waals surface area contributed by atoms with E-state index in [4.69, 9.17) is 9.47 Å². The number of ether oxygens (including phenoxy) is 2. The first kappa shape index (κ1) is 8.31. The van der Waals surface area contributed by atoms with Gasteiger partial charge in [0, 0.05) is 22.6 Å². The van der Waals surface area contributed by atoms with Crippen molar-refractivity contribution < 1.29 is 9.47 Å². The van der Waals surface area contributed by atoms with Crippen LogP contribution >= 0.6 is 22.6 Å². The maximum absolute atomic E-state index is 5.39. The van der Waals surface area contributed by atoms with E-state index in [0.29, 0.717) is 6.61 Å². The largest absolute Gasteiger partial charge is 0.347 e. The van der Waals surface area contributed by atoms with E-state index in [-0.39, 0.29) is 6.10 Å². The molecule has 56 valence electrons. The van der Waals surface area contributed by atoms with Crippen molar-refractivity contribution in [3.8, 4) is 9.85 Å². The lowest BCUT2D eigenvalue weighted by atomic mass is 10.4. The predicted octanol–water partition coefficient (Wildman–Crippen LogP) is 1.53. The second kappa shape index (κ2) is 3.07. The van der Waals surface area contributed by atoms with Gasteiger partial charge in [-0.05, 0) is 17.8 Å². The number of halogens is 1. The molecule has 0 aromatic carbocycles. The zero-order valence-electron chi connectivity index (χ0n) is 5.98. The molecule has 0 amide bonds. The fraction of sp³-hybridized carbons (Fsp3) is 0.714. The van der Waals surface area contributed by atoms with Gasteiger partial charge in [-0.2, -0.15) is 0 Å². The molecule has 1 unspecified atom stereocenters. The topological polar surface area (TPSA) is 18.5 Å². The average Bonchev–Trinajstić information content (AvgIpc) is 2.12. The van der Waals surface area contributed by atoms with E-state index >= 15 is 0 Å². The van der Waals surface area contributed by atoms with Crippen LogP contribution < -0.4 is 0 Å². The lowest BCUT2D eigenvalue weighted by Gasteiger charge is -2.14. The summed E-state index contributed by atoms with van der Waals surface area (Å²) in [6, 6.07) is 0. The minimum absolute atomic E-state index is 0.0353. The van der Waals surface area contributed by atoms with Gasteiger partial charge in [0.25, 0.3) is 0 Å². The van der Waals surface area contributed by atoms with E-state index < -0.39 is 5.79 Å². The molecule has 1 saturated heterocycles. The number of rotatable bonds is 0. The van der Waals surface area contributed by atoms with Crippen molar-refractivity contribution in [2.45, 2.75) is 25.7 Å². The van der Waals surface area contributed by atoms with Crippen molar-refractivity contribution in [1.82, 2.24) is 0 Å². The van der Waals surface area contributed by atoms with E-state index in [1.54, 1.807) is 0 Å². The monoisotopic (exact) mass is 252 g/mol. The van der Waals surface area contributed by atoms with Gasteiger partial charge in [-0.25, -0.2) is 0 Å². The summed E-state index contributed by atoms with van der Waals surface area (Å²) < 4.78 is 13.4. The quantitative estimate of drug-likeness (QED) is 0.481. The Morgan fingerprint density at radius 3 is 2.70 bits per heavy atom. The van der Waals surface area contributed by atoms with Gasteiger partial charge >= 0.3 is 0 Å². The Bertz CT molecular complexity index is 178. The second-order valence-electron chi connectivity index (χ2n) is 2.56. The van der Waals surface area contributed by atoms with Crippen LogP contribution in [0, 0.1) is 9.85 Å². The van der Waals surface area contributed by atoms with Gasteiger partial charge in [-0.3, -0.25) is 0 Å². The Morgan fingerprint density at radius 2 is 2.30 bits per heavy atom. The SMILES string of the molecule is CC1(C)OCC(C#CI)O1. The fourth-order valence-corrected chi connectivity index (χ4v) is 1.17. The summed E-state index contributed by atoms with van der Waals surface area (Å²) in [6.45, 7) is 4.37. The van der Waals surface area contributed by atoms with Crippen molar-refractivity contribution in [2.24, 2.45) is 0 Å². The van der Waals surface area contributed by atoms with Gasteiger partial charge in [0.05, 0.1) is 6.61 Å². The van der Waals surface area contributed by atoms with Crippen LogP contribution in [0.5, 0.6) is 0 Å². The highest BCUT2D eigenvalue weighted by atomic mass is 127. The van der Waals surface area contributed by atoms with Gasteiger partial charge in [-0.1, -0.05) is 5.92 Å². The molecule has 1 atom stereocenters. The molecule has 2 nitrogen and oxygen atoms in total. The standard InChI is InChI=1S/C7H9IO2/c1-7(2)9-5-6(10-7)3-4-8/h6H,5H2,1-2H3. The highest BCUT2D eigenvalue weighted by Crippen LogP contribution is 2.21. The maximum Gasteiger partial charge on any atom is 0.164 e. The molecule has 0 bridgehead atoms. The highest BCUT2D eigenvalue weighted by molar-refractivity contribution is 14.1. The lowest BCUT2D eigenvalue weighted by molar-refractivity contribution is -0.132. The van der Waals surface area contributed by atoms with Crippen LogP contribution in [0.2, 0.25) is 0 Å². The van der Waals surface area contributed by atoms with E-state index in [9.17, 15) is 0 Å². The normalized spacial score (nSPS) is 29.3. The molecule has 0 radical (unpaired) electrons. The smallest absolute Gasteiger partial charge is 0.164 e. The summed E-state index contributed by atoms with van der Waals surface area (Å²) in [4.78, 5) is 0. The Labute approximate surface area is 74.4 Å². The fourth-order valence-electron chi connectivity index (χ4n) is 0.819. The van der Waals surface area contributed by atoms with E-state index in [1.165, 1.54) is 0 Å². The molecule has 0 spiro atoms. The Balaban J connectivity index is 2.48. The molecule has 0 saturated carbocycles. The first-order valence-electron chi connectivity index (χ1n) is 3.07. The predicted molar refractivity (Wildman–Crippen MR) is 46.7 cm³/mol. The highest BCUT2D eigenvalue weighted by Gasteiger charge is 2.31. The molecule has 0 aromatic rings. The van der Waals surface area contributed by atoms with Gasteiger partial charge in [0.15, 0.2) is 5.79 Å².